The molecule has 3 aromatic rings. The molecule has 190 valence electrons. The van der Waals surface area contributed by atoms with Gasteiger partial charge in [0.2, 0.25) is 5.91 Å². The molecular weight excluding hydrogens is 476 g/mol. The molecule has 0 aliphatic carbocycles. The van der Waals surface area contributed by atoms with Crippen LogP contribution >= 0.6 is 0 Å². The van der Waals surface area contributed by atoms with Crippen LogP contribution in [-0.4, -0.2) is 33.6 Å². The van der Waals surface area contributed by atoms with E-state index in [2.05, 4.69) is 5.32 Å². The van der Waals surface area contributed by atoms with Crippen LogP contribution in [0.5, 0.6) is 11.5 Å². The summed E-state index contributed by atoms with van der Waals surface area (Å²) in [4.78, 5) is 13.4. The van der Waals surface area contributed by atoms with Crippen molar-refractivity contribution in [2.24, 2.45) is 0 Å². The van der Waals surface area contributed by atoms with E-state index in [0.29, 0.717) is 17.9 Å². The van der Waals surface area contributed by atoms with Crippen LogP contribution in [0.2, 0.25) is 0 Å². The van der Waals surface area contributed by atoms with Crippen molar-refractivity contribution in [3.63, 3.8) is 0 Å². The molecule has 0 saturated heterocycles. The van der Waals surface area contributed by atoms with Crippen LogP contribution in [0.3, 0.4) is 0 Å². The minimum absolute atomic E-state index is 0.0738. The third kappa shape index (κ3) is 5.49. The number of anilines is 1. The van der Waals surface area contributed by atoms with Crippen molar-refractivity contribution >= 4 is 21.6 Å². The van der Waals surface area contributed by atoms with Crippen LogP contribution in [0.25, 0.3) is 0 Å². The highest BCUT2D eigenvalue weighted by atomic mass is 32.2. The van der Waals surface area contributed by atoms with Gasteiger partial charge >= 0.3 is 0 Å². The van der Waals surface area contributed by atoms with Crippen molar-refractivity contribution < 1.29 is 22.7 Å². The quantitative estimate of drug-likeness (QED) is 0.489. The van der Waals surface area contributed by atoms with Gasteiger partial charge in [-0.3, -0.25) is 9.10 Å². The lowest BCUT2D eigenvalue weighted by atomic mass is 9.89. The molecular formula is C28H32N2O5S. The number of nitrogens with one attached hydrogen (secondary N) is 1. The summed E-state index contributed by atoms with van der Waals surface area (Å²) in [5.41, 5.74) is 2.86. The smallest absolute Gasteiger partial charge is 0.264 e. The number of sulfonamides is 1. The first-order valence-corrected chi connectivity index (χ1v) is 13.2. The summed E-state index contributed by atoms with van der Waals surface area (Å²) < 4.78 is 39.8. The fourth-order valence-corrected chi connectivity index (χ4v) is 5.78. The average molecular weight is 509 g/mol. The molecule has 0 fully saturated rings. The minimum Gasteiger partial charge on any atom is -0.497 e. The van der Waals surface area contributed by atoms with E-state index in [1.54, 1.807) is 24.3 Å². The SMILES string of the molecule is COc1ccc(S(=O)(=O)N(CC(=O)NC2CC(C)(C)Oc3cc(C)ccc32)c2ccc(C)cc2)cc1. The third-order valence-electron chi connectivity index (χ3n) is 6.22. The maximum absolute atomic E-state index is 13.7. The first-order valence-electron chi connectivity index (χ1n) is 11.8. The number of hydrogen-bond acceptors (Lipinski definition) is 5. The van der Waals surface area contributed by atoms with E-state index in [1.165, 1.54) is 19.2 Å². The number of nitrogens with zero attached hydrogens (tertiary/aromatic N) is 1. The summed E-state index contributed by atoms with van der Waals surface area (Å²) in [6, 6.07) is 18.8. The largest absolute Gasteiger partial charge is 0.497 e. The molecule has 0 bridgehead atoms. The lowest BCUT2D eigenvalue weighted by Gasteiger charge is -2.38. The summed E-state index contributed by atoms with van der Waals surface area (Å²) in [5, 5.41) is 3.06. The van der Waals surface area contributed by atoms with E-state index in [4.69, 9.17) is 9.47 Å². The standard InChI is InChI=1S/C28H32N2O5S/c1-19-6-9-21(10-7-19)30(36(32,33)23-13-11-22(34-5)12-14-23)18-27(31)29-25-17-28(3,4)35-26-16-20(2)8-15-24(25)26/h6-16,25H,17-18H2,1-5H3,(H,29,31). The van der Waals surface area contributed by atoms with Crippen LogP contribution in [0.4, 0.5) is 5.69 Å². The molecule has 0 spiro atoms. The third-order valence-corrected chi connectivity index (χ3v) is 8.01. The van der Waals surface area contributed by atoms with E-state index in [1.807, 2.05) is 58.0 Å². The summed E-state index contributed by atoms with van der Waals surface area (Å²) in [6.07, 6.45) is 0.560. The highest BCUT2D eigenvalue weighted by Crippen LogP contribution is 2.40. The topological polar surface area (TPSA) is 84.9 Å². The van der Waals surface area contributed by atoms with Gasteiger partial charge in [0.15, 0.2) is 0 Å². The van der Waals surface area contributed by atoms with Crippen molar-refractivity contribution in [3.8, 4) is 11.5 Å². The second-order valence-electron chi connectivity index (χ2n) is 9.75. The van der Waals surface area contributed by atoms with E-state index < -0.39 is 21.5 Å². The average Bonchev–Trinajstić information content (AvgIpc) is 2.82. The van der Waals surface area contributed by atoms with Crippen LogP contribution in [0.15, 0.2) is 71.6 Å². The molecule has 1 aliphatic heterocycles. The predicted octanol–water partition coefficient (Wildman–Crippen LogP) is 4.93. The van der Waals surface area contributed by atoms with Gasteiger partial charge in [-0.1, -0.05) is 29.8 Å². The van der Waals surface area contributed by atoms with Gasteiger partial charge in [0.05, 0.1) is 23.7 Å². The normalized spacial score (nSPS) is 16.4. The van der Waals surface area contributed by atoms with Gasteiger partial charge in [0.25, 0.3) is 10.0 Å². The molecule has 8 heteroatoms. The number of rotatable bonds is 7. The summed E-state index contributed by atoms with van der Waals surface area (Å²) >= 11 is 0. The second-order valence-corrected chi connectivity index (χ2v) is 11.6. The second kappa shape index (κ2) is 9.85. The van der Waals surface area contributed by atoms with Crippen molar-refractivity contribution in [1.29, 1.82) is 0 Å². The maximum Gasteiger partial charge on any atom is 0.264 e. The fourth-order valence-electron chi connectivity index (χ4n) is 4.36. The number of ether oxygens (including phenoxy) is 2. The van der Waals surface area contributed by atoms with Gasteiger partial charge < -0.3 is 14.8 Å². The zero-order valence-corrected chi connectivity index (χ0v) is 22.1. The zero-order valence-electron chi connectivity index (χ0n) is 21.2. The number of hydrogen-bond donors (Lipinski definition) is 1. The van der Waals surface area contributed by atoms with Crippen LogP contribution in [-0.2, 0) is 14.8 Å². The Bertz CT molecular complexity index is 1350. The Hall–Kier alpha value is -3.52. The Morgan fingerprint density at radius 3 is 2.31 bits per heavy atom. The number of aryl methyl sites for hydroxylation is 2. The molecule has 0 saturated carbocycles. The number of amides is 1. The molecule has 7 nitrogen and oxygen atoms in total. The fraction of sp³-hybridized carbons (Fsp3) is 0.321. The summed E-state index contributed by atoms with van der Waals surface area (Å²) in [6.45, 7) is 7.50. The van der Waals surface area contributed by atoms with Gasteiger partial charge in [0, 0.05) is 12.0 Å². The van der Waals surface area contributed by atoms with Crippen molar-refractivity contribution in [1.82, 2.24) is 5.32 Å². The molecule has 0 aromatic heterocycles. The van der Waals surface area contributed by atoms with E-state index in [0.717, 1.165) is 26.7 Å². The minimum atomic E-state index is -4.02. The maximum atomic E-state index is 13.7. The molecule has 3 aromatic carbocycles. The first-order chi connectivity index (χ1) is 17.0. The lowest BCUT2D eigenvalue weighted by molar-refractivity contribution is -0.120. The molecule has 1 atom stereocenters. The van der Waals surface area contributed by atoms with E-state index >= 15 is 0 Å². The molecule has 1 unspecified atom stereocenters. The molecule has 4 rings (SSSR count). The van der Waals surface area contributed by atoms with Gasteiger partial charge in [-0.15, -0.1) is 0 Å². The first kappa shape index (κ1) is 25.6. The number of fused-ring (bicyclic) bond motifs is 1. The van der Waals surface area contributed by atoms with Crippen LogP contribution in [0.1, 0.15) is 43.0 Å². The Kier molecular flexibility index (Phi) is 7.00. The van der Waals surface area contributed by atoms with Crippen molar-refractivity contribution in [2.75, 3.05) is 18.0 Å². The van der Waals surface area contributed by atoms with E-state index in [9.17, 15) is 13.2 Å². The van der Waals surface area contributed by atoms with Gasteiger partial charge in [0.1, 0.15) is 23.6 Å². The predicted molar refractivity (Wildman–Crippen MR) is 140 cm³/mol. The zero-order chi connectivity index (χ0) is 26.1. The Morgan fingerprint density at radius 2 is 1.67 bits per heavy atom. The molecule has 1 N–H and O–H groups in total. The van der Waals surface area contributed by atoms with Crippen LogP contribution in [0, 0.1) is 13.8 Å². The molecule has 0 radical (unpaired) electrons. The molecule has 1 aliphatic rings. The number of carbonyl (C=O) groups excluding carboxylic acids is 1. The van der Waals surface area contributed by atoms with Crippen molar-refractivity contribution in [3.05, 3.63) is 83.4 Å². The Morgan fingerprint density at radius 1 is 1.03 bits per heavy atom. The number of benzene rings is 3. The highest BCUT2D eigenvalue weighted by molar-refractivity contribution is 7.92. The van der Waals surface area contributed by atoms with Crippen molar-refractivity contribution in [2.45, 2.75) is 50.7 Å². The molecule has 36 heavy (non-hydrogen) atoms. The van der Waals surface area contributed by atoms with Gasteiger partial charge in [-0.2, -0.15) is 0 Å². The lowest BCUT2D eigenvalue weighted by Crippen LogP contribution is -2.45. The van der Waals surface area contributed by atoms with Crippen LogP contribution < -0.4 is 19.1 Å². The molecule has 1 amide bonds. The number of methoxy groups -OCH3 is 1. The summed E-state index contributed by atoms with van der Waals surface area (Å²) in [7, 11) is -2.51. The molecule has 1 heterocycles. The number of carbonyl (C=O) groups is 1. The monoisotopic (exact) mass is 508 g/mol. The van der Waals surface area contributed by atoms with Gasteiger partial charge in [-0.25, -0.2) is 8.42 Å². The Balaban J connectivity index is 1.64. The highest BCUT2D eigenvalue weighted by Gasteiger charge is 2.35. The van der Waals surface area contributed by atoms with Gasteiger partial charge in [-0.05, 0) is 75.7 Å². The Labute approximate surface area is 213 Å². The summed E-state index contributed by atoms with van der Waals surface area (Å²) in [5.74, 6) is 0.879. The van der Waals surface area contributed by atoms with E-state index in [-0.39, 0.29) is 17.5 Å².